The van der Waals surface area contributed by atoms with E-state index in [1.165, 1.54) is 17.5 Å². The fraction of sp³-hybridized carbons (Fsp3) is 0.318. The van der Waals surface area contributed by atoms with E-state index in [0.29, 0.717) is 11.9 Å². The normalized spacial score (nSPS) is 17.1. The summed E-state index contributed by atoms with van der Waals surface area (Å²) in [7, 11) is 0. The van der Waals surface area contributed by atoms with E-state index < -0.39 is 0 Å². The first-order chi connectivity index (χ1) is 13.3. The molecule has 3 heterocycles. The molecule has 0 unspecified atom stereocenters. The summed E-state index contributed by atoms with van der Waals surface area (Å²) in [6, 6.07) is 14.6. The molecule has 3 aromatic rings. The van der Waals surface area contributed by atoms with Crippen molar-refractivity contribution >= 4 is 5.95 Å². The fourth-order valence-corrected chi connectivity index (χ4v) is 3.79. The van der Waals surface area contributed by atoms with Crippen molar-refractivity contribution in [2.75, 3.05) is 31.5 Å². The summed E-state index contributed by atoms with van der Waals surface area (Å²) >= 11 is 0. The van der Waals surface area contributed by atoms with E-state index in [1.807, 2.05) is 18.2 Å². The van der Waals surface area contributed by atoms with Gasteiger partial charge < -0.3 is 10.2 Å². The van der Waals surface area contributed by atoms with Crippen molar-refractivity contribution < 1.29 is 0 Å². The molecule has 1 aromatic carbocycles. The summed E-state index contributed by atoms with van der Waals surface area (Å²) in [6.45, 7) is 6.35. The molecule has 1 saturated heterocycles. The molecule has 0 radical (unpaired) electrons. The number of likely N-dealkylation sites (tertiary alicyclic amines) is 1. The summed E-state index contributed by atoms with van der Waals surface area (Å²) in [4.78, 5) is 15.5. The Morgan fingerprint density at radius 3 is 2.78 bits per heavy atom. The predicted octanol–water partition coefficient (Wildman–Crippen LogP) is 3.75. The Labute approximate surface area is 160 Å². The first-order valence-electron chi connectivity index (χ1n) is 9.55. The first-order valence-corrected chi connectivity index (χ1v) is 9.55. The number of aromatic nitrogens is 3. The standard InChI is InChI=1S/C22H25N5/c1-17-4-2-3-5-20(17)19-9-14-27(16-19)15-13-25-22-24-12-8-21(26-22)18-6-10-23-11-7-18/h2-8,10-12,19H,9,13-16H2,1H3,(H,24,25,26)/t19-/m1/s1. The van der Waals surface area contributed by atoms with Crippen molar-refractivity contribution in [3.63, 3.8) is 0 Å². The van der Waals surface area contributed by atoms with Gasteiger partial charge in [-0.2, -0.15) is 0 Å². The van der Waals surface area contributed by atoms with Gasteiger partial charge in [-0.25, -0.2) is 9.97 Å². The maximum Gasteiger partial charge on any atom is 0.223 e. The van der Waals surface area contributed by atoms with Crippen LogP contribution >= 0.6 is 0 Å². The molecule has 5 nitrogen and oxygen atoms in total. The minimum absolute atomic E-state index is 0.650. The topological polar surface area (TPSA) is 53.9 Å². The molecule has 1 aliphatic rings. The molecule has 0 aliphatic carbocycles. The molecule has 1 N–H and O–H groups in total. The maximum absolute atomic E-state index is 4.61. The first kappa shape index (κ1) is 17.6. The highest BCUT2D eigenvalue weighted by atomic mass is 15.2. The van der Waals surface area contributed by atoms with Gasteiger partial charge in [0, 0.05) is 43.8 Å². The van der Waals surface area contributed by atoms with Gasteiger partial charge in [-0.15, -0.1) is 0 Å². The number of pyridine rings is 1. The van der Waals surface area contributed by atoms with Gasteiger partial charge in [0.15, 0.2) is 0 Å². The molecule has 4 rings (SSSR count). The van der Waals surface area contributed by atoms with E-state index in [-0.39, 0.29) is 0 Å². The summed E-state index contributed by atoms with van der Waals surface area (Å²) in [5.74, 6) is 1.33. The van der Waals surface area contributed by atoms with Gasteiger partial charge in [-0.3, -0.25) is 4.98 Å². The molecule has 2 aromatic heterocycles. The van der Waals surface area contributed by atoms with E-state index in [4.69, 9.17) is 0 Å². The minimum atomic E-state index is 0.650. The third kappa shape index (κ3) is 4.31. The highest BCUT2D eigenvalue weighted by Crippen LogP contribution is 2.29. The average molecular weight is 359 g/mol. The van der Waals surface area contributed by atoms with Gasteiger partial charge >= 0.3 is 0 Å². The molecule has 27 heavy (non-hydrogen) atoms. The Kier molecular flexibility index (Phi) is 5.39. The van der Waals surface area contributed by atoms with Crippen molar-refractivity contribution in [3.8, 4) is 11.3 Å². The third-order valence-corrected chi connectivity index (χ3v) is 5.24. The van der Waals surface area contributed by atoms with Gasteiger partial charge in [0.05, 0.1) is 5.69 Å². The van der Waals surface area contributed by atoms with E-state index in [2.05, 4.69) is 56.4 Å². The zero-order valence-corrected chi connectivity index (χ0v) is 15.7. The Morgan fingerprint density at radius 2 is 1.93 bits per heavy atom. The van der Waals surface area contributed by atoms with E-state index >= 15 is 0 Å². The molecule has 138 valence electrons. The van der Waals surface area contributed by atoms with Gasteiger partial charge in [-0.1, -0.05) is 24.3 Å². The number of hydrogen-bond donors (Lipinski definition) is 1. The highest BCUT2D eigenvalue weighted by molar-refractivity contribution is 5.58. The van der Waals surface area contributed by atoms with Crippen molar-refractivity contribution in [2.24, 2.45) is 0 Å². The van der Waals surface area contributed by atoms with Crippen LogP contribution in [0.5, 0.6) is 0 Å². The maximum atomic E-state index is 4.61. The number of nitrogens with zero attached hydrogens (tertiary/aromatic N) is 4. The molecule has 1 atom stereocenters. The second-order valence-electron chi connectivity index (χ2n) is 7.07. The van der Waals surface area contributed by atoms with Crippen molar-refractivity contribution in [1.82, 2.24) is 19.9 Å². The van der Waals surface area contributed by atoms with Gasteiger partial charge in [0.2, 0.25) is 5.95 Å². The fourth-order valence-electron chi connectivity index (χ4n) is 3.79. The molecule has 0 bridgehead atoms. The van der Waals surface area contributed by atoms with Gasteiger partial charge in [0.25, 0.3) is 0 Å². The second-order valence-corrected chi connectivity index (χ2v) is 7.07. The third-order valence-electron chi connectivity index (χ3n) is 5.24. The van der Waals surface area contributed by atoms with Crippen molar-refractivity contribution in [2.45, 2.75) is 19.3 Å². The number of hydrogen-bond acceptors (Lipinski definition) is 5. The summed E-state index contributed by atoms with van der Waals surface area (Å²) in [6.07, 6.45) is 6.60. The number of aryl methyl sites for hydroxylation is 1. The Bertz CT molecular complexity index is 881. The molecule has 1 fully saturated rings. The lowest BCUT2D eigenvalue weighted by Gasteiger charge is -2.17. The largest absolute Gasteiger partial charge is 0.353 e. The van der Waals surface area contributed by atoms with Crippen LogP contribution in [-0.2, 0) is 0 Å². The Morgan fingerprint density at radius 1 is 1.07 bits per heavy atom. The quantitative estimate of drug-likeness (QED) is 0.726. The molecule has 5 heteroatoms. The summed E-state index contributed by atoms with van der Waals surface area (Å²) < 4.78 is 0. The van der Waals surface area contributed by atoms with Gasteiger partial charge in [0.1, 0.15) is 0 Å². The summed E-state index contributed by atoms with van der Waals surface area (Å²) in [5, 5.41) is 3.37. The van der Waals surface area contributed by atoms with Gasteiger partial charge in [-0.05, 0) is 55.1 Å². The number of nitrogens with one attached hydrogen (secondary N) is 1. The lowest BCUT2D eigenvalue weighted by atomic mass is 9.94. The van der Waals surface area contributed by atoms with Crippen LogP contribution in [0.4, 0.5) is 5.95 Å². The smallest absolute Gasteiger partial charge is 0.223 e. The van der Waals surface area contributed by atoms with Crippen molar-refractivity contribution in [3.05, 3.63) is 72.2 Å². The molecule has 0 amide bonds. The van der Waals surface area contributed by atoms with E-state index in [0.717, 1.165) is 37.4 Å². The SMILES string of the molecule is Cc1ccccc1[C@@H]1CCN(CCNc2nccc(-c3ccncc3)n2)C1. The molecular formula is C22H25N5. The Hall–Kier alpha value is -2.79. The second kappa shape index (κ2) is 8.27. The van der Waals surface area contributed by atoms with Crippen LogP contribution in [0.3, 0.4) is 0 Å². The molecule has 0 spiro atoms. The van der Waals surface area contributed by atoms with Crippen LogP contribution in [0, 0.1) is 6.92 Å². The van der Waals surface area contributed by atoms with E-state index in [9.17, 15) is 0 Å². The molecular weight excluding hydrogens is 334 g/mol. The van der Waals surface area contributed by atoms with Crippen LogP contribution in [0.1, 0.15) is 23.5 Å². The lowest BCUT2D eigenvalue weighted by Crippen LogP contribution is -2.27. The predicted molar refractivity (Wildman–Crippen MR) is 109 cm³/mol. The monoisotopic (exact) mass is 359 g/mol. The Balaban J connectivity index is 1.30. The zero-order valence-electron chi connectivity index (χ0n) is 15.7. The van der Waals surface area contributed by atoms with Crippen LogP contribution in [0.25, 0.3) is 11.3 Å². The zero-order chi connectivity index (χ0) is 18.5. The number of rotatable bonds is 6. The lowest BCUT2D eigenvalue weighted by molar-refractivity contribution is 0.347. The number of anilines is 1. The van der Waals surface area contributed by atoms with Crippen LogP contribution in [-0.4, -0.2) is 46.0 Å². The average Bonchev–Trinajstić information content (AvgIpc) is 3.18. The molecule has 1 aliphatic heterocycles. The van der Waals surface area contributed by atoms with Crippen LogP contribution in [0.2, 0.25) is 0 Å². The minimum Gasteiger partial charge on any atom is -0.353 e. The van der Waals surface area contributed by atoms with Crippen molar-refractivity contribution in [1.29, 1.82) is 0 Å². The highest BCUT2D eigenvalue weighted by Gasteiger charge is 2.24. The summed E-state index contributed by atoms with van der Waals surface area (Å²) in [5.41, 5.74) is 4.87. The molecule has 0 saturated carbocycles. The number of benzene rings is 1. The van der Waals surface area contributed by atoms with E-state index in [1.54, 1.807) is 18.6 Å². The van der Waals surface area contributed by atoms with Crippen LogP contribution in [0.15, 0.2) is 61.1 Å². The van der Waals surface area contributed by atoms with Crippen LogP contribution < -0.4 is 5.32 Å².